The van der Waals surface area contributed by atoms with Gasteiger partial charge in [-0.15, -0.1) is 0 Å². The largest absolute Gasteiger partial charge is 0.396 e. The molecule has 0 aliphatic heterocycles. The highest BCUT2D eigenvalue weighted by Gasteiger charge is 2.20. The van der Waals surface area contributed by atoms with Gasteiger partial charge in [0.2, 0.25) is 0 Å². The first kappa shape index (κ1) is 30.2. The van der Waals surface area contributed by atoms with E-state index in [2.05, 4.69) is 28.0 Å². The van der Waals surface area contributed by atoms with E-state index >= 15 is 0 Å². The number of imidazole rings is 1. The van der Waals surface area contributed by atoms with Crippen molar-refractivity contribution in [2.75, 3.05) is 31.0 Å². The maximum Gasteiger partial charge on any atom is 0.262 e. The second-order valence-corrected chi connectivity index (χ2v) is 11.7. The molecule has 0 unspecified atom stereocenters. The van der Waals surface area contributed by atoms with Crippen LogP contribution >= 0.6 is 0 Å². The van der Waals surface area contributed by atoms with E-state index in [-0.39, 0.29) is 17.3 Å². The summed E-state index contributed by atoms with van der Waals surface area (Å²) >= 11 is 0. The number of nitrogen functional groups attached to an aromatic ring is 1. The highest BCUT2D eigenvalue weighted by atomic mass is 32.2. The molecule has 0 fully saturated rings. The first-order chi connectivity index (χ1) is 19.7. The van der Waals surface area contributed by atoms with Gasteiger partial charge in [-0.1, -0.05) is 56.3 Å². The lowest BCUT2D eigenvalue weighted by molar-refractivity contribution is 0.280. The van der Waals surface area contributed by atoms with Crippen LogP contribution in [0, 0.1) is 5.41 Å². The van der Waals surface area contributed by atoms with Crippen molar-refractivity contribution in [1.29, 1.82) is 5.41 Å². The zero-order chi connectivity index (χ0) is 29.4. The van der Waals surface area contributed by atoms with Gasteiger partial charge in [-0.25, -0.2) is 13.4 Å². The fraction of sp³-hybridized carbons (Fsp3) is 0.355. The number of aliphatic hydroxyl groups excluding tert-OH is 1. The number of fused-ring (bicyclic) bond motifs is 1. The maximum atomic E-state index is 13.5. The molecule has 5 N–H and O–H groups in total. The number of anilines is 1. The molecule has 0 aliphatic carbocycles. The Hall–Kier alpha value is -3.73. The molecule has 0 aliphatic rings. The zero-order valence-corrected chi connectivity index (χ0v) is 24.6. The number of aryl methyl sites for hydroxylation is 3. The fourth-order valence-corrected chi connectivity index (χ4v) is 6.34. The van der Waals surface area contributed by atoms with E-state index in [4.69, 9.17) is 16.1 Å². The molecule has 41 heavy (non-hydrogen) atoms. The summed E-state index contributed by atoms with van der Waals surface area (Å²) in [5.74, 6) is 0.905. The van der Waals surface area contributed by atoms with Gasteiger partial charge in [-0.3, -0.25) is 10.1 Å². The Kier molecular flexibility index (Phi) is 10.1. The van der Waals surface area contributed by atoms with Gasteiger partial charge in [0.05, 0.1) is 21.6 Å². The summed E-state index contributed by atoms with van der Waals surface area (Å²) in [6.07, 6.45) is 2.64. The van der Waals surface area contributed by atoms with Crippen molar-refractivity contribution in [1.82, 2.24) is 14.5 Å². The Morgan fingerprint density at radius 2 is 1.76 bits per heavy atom. The number of amidine groups is 1. The van der Waals surface area contributed by atoms with E-state index in [1.807, 2.05) is 42.5 Å². The molecule has 1 heterocycles. The monoisotopic (exact) mass is 576 g/mol. The van der Waals surface area contributed by atoms with Gasteiger partial charge in [0.15, 0.2) is 0 Å². The van der Waals surface area contributed by atoms with Crippen molar-refractivity contribution in [2.45, 2.75) is 51.0 Å². The number of benzene rings is 3. The summed E-state index contributed by atoms with van der Waals surface area (Å²) in [4.78, 5) is 7.43. The minimum atomic E-state index is -3.81. The summed E-state index contributed by atoms with van der Waals surface area (Å²) in [6, 6.07) is 20.2. The number of nitrogens with two attached hydrogens (primary N) is 1. The van der Waals surface area contributed by atoms with Gasteiger partial charge in [0, 0.05) is 31.7 Å². The molecular weight excluding hydrogens is 536 g/mol. The van der Waals surface area contributed by atoms with Crippen LogP contribution in [-0.2, 0) is 35.8 Å². The van der Waals surface area contributed by atoms with Crippen LogP contribution in [0.5, 0.6) is 0 Å². The van der Waals surface area contributed by atoms with Crippen LogP contribution < -0.4 is 10.5 Å². The van der Waals surface area contributed by atoms with E-state index < -0.39 is 10.0 Å². The van der Waals surface area contributed by atoms with E-state index in [9.17, 15) is 13.5 Å². The van der Waals surface area contributed by atoms with Crippen molar-refractivity contribution in [3.05, 3.63) is 89.2 Å². The molecule has 0 spiro atoms. The van der Waals surface area contributed by atoms with Gasteiger partial charge in [0.1, 0.15) is 11.7 Å². The van der Waals surface area contributed by atoms with Crippen LogP contribution in [0.3, 0.4) is 0 Å². The van der Waals surface area contributed by atoms with E-state index in [0.717, 1.165) is 48.5 Å². The molecule has 1 aromatic heterocycles. The van der Waals surface area contributed by atoms with Crippen molar-refractivity contribution in [3.63, 3.8) is 0 Å². The molecule has 4 rings (SSSR count). The van der Waals surface area contributed by atoms with E-state index in [1.165, 1.54) is 0 Å². The first-order valence-electron chi connectivity index (χ1n) is 14.1. The van der Waals surface area contributed by atoms with Crippen LogP contribution in [0.1, 0.15) is 42.8 Å². The van der Waals surface area contributed by atoms with Gasteiger partial charge < -0.3 is 20.3 Å². The number of sulfonamides is 1. The van der Waals surface area contributed by atoms with E-state index in [0.29, 0.717) is 42.6 Å². The Labute approximate surface area is 242 Å². The average Bonchev–Trinajstić information content (AvgIpc) is 3.32. The molecule has 10 heteroatoms. The predicted molar refractivity (Wildman–Crippen MR) is 165 cm³/mol. The summed E-state index contributed by atoms with van der Waals surface area (Å²) in [5.41, 5.74) is 10.2. The van der Waals surface area contributed by atoms with Crippen LogP contribution in [0.4, 0.5) is 5.69 Å². The van der Waals surface area contributed by atoms with E-state index in [1.54, 1.807) is 24.3 Å². The average molecular weight is 577 g/mol. The second-order valence-electron chi connectivity index (χ2n) is 10.1. The highest BCUT2D eigenvalue weighted by molar-refractivity contribution is 7.92. The van der Waals surface area contributed by atoms with Gasteiger partial charge in [-0.05, 0) is 67.7 Å². The molecule has 0 bridgehead atoms. The van der Waals surface area contributed by atoms with Gasteiger partial charge in [-0.2, -0.15) is 0 Å². The molecule has 218 valence electrons. The Bertz CT molecular complexity index is 1580. The second kappa shape index (κ2) is 13.8. The quantitative estimate of drug-likeness (QED) is 0.124. The Morgan fingerprint density at radius 3 is 2.44 bits per heavy atom. The summed E-state index contributed by atoms with van der Waals surface area (Å²) in [5, 5.41) is 17.0. The molecule has 0 saturated heterocycles. The number of aromatic nitrogens is 2. The third kappa shape index (κ3) is 7.52. The molecule has 0 amide bonds. The number of likely N-dealkylation sites (N-methyl/N-ethyl adjacent to an activating group) is 1. The van der Waals surface area contributed by atoms with Crippen LogP contribution in [0.15, 0.2) is 71.6 Å². The topological polar surface area (TPSA) is 137 Å². The number of nitrogens with one attached hydrogen (secondary N) is 2. The minimum absolute atomic E-state index is 0.0388. The lowest BCUT2D eigenvalue weighted by atomic mass is 10.1. The third-order valence-corrected chi connectivity index (χ3v) is 8.86. The predicted octanol–water partition coefficient (Wildman–Crippen LogP) is 4.17. The normalized spacial score (nSPS) is 11.8. The third-order valence-electron chi connectivity index (χ3n) is 7.38. The molecule has 0 atom stereocenters. The molecule has 9 nitrogen and oxygen atoms in total. The first-order valence-corrected chi connectivity index (χ1v) is 15.6. The summed E-state index contributed by atoms with van der Waals surface area (Å²) in [6.45, 7) is 7.51. The Morgan fingerprint density at radius 1 is 1.02 bits per heavy atom. The highest BCUT2D eigenvalue weighted by Crippen LogP contribution is 2.25. The van der Waals surface area contributed by atoms with Crippen molar-refractivity contribution in [2.24, 2.45) is 5.73 Å². The van der Waals surface area contributed by atoms with Crippen LogP contribution in [0.2, 0.25) is 0 Å². The molecule has 0 radical (unpaired) electrons. The molecule has 4 aromatic rings. The van der Waals surface area contributed by atoms with Crippen LogP contribution in [0.25, 0.3) is 11.0 Å². The number of aliphatic hydroxyl groups is 1. The van der Waals surface area contributed by atoms with Crippen molar-refractivity contribution in [3.8, 4) is 0 Å². The Balaban J connectivity index is 1.57. The van der Waals surface area contributed by atoms with Crippen LogP contribution in [-0.4, -0.2) is 60.1 Å². The van der Waals surface area contributed by atoms with Gasteiger partial charge >= 0.3 is 0 Å². The molecular formula is C31H40N6O3S. The molecule has 3 aromatic carbocycles. The maximum absolute atomic E-state index is 13.5. The number of hydrogen-bond donors (Lipinski definition) is 4. The number of hydrogen-bond acceptors (Lipinski definition) is 6. The van der Waals surface area contributed by atoms with Crippen molar-refractivity contribution >= 4 is 32.6 Å². The lowest BCUT2D eigenvalue weighted by Gasteiger charge is -2.19. The SMILES string of the molecule is CCN(CC)CCc1ccccc1S(=O)(=O)Nc1ccc2c(c1)nc(CCc1ccc(C(=N)N)cc1)n2CCCO. The van der Waals surface area contributed by atoms with Crippen molar-refractivity contribution < 1.29 is 13.5 Å². The zero-order valence-electron chi connectivity index (χ0n) is 23.8. The smallest absolute Gasteiger partial charge is 0.262 e. The summed E-state index contributed by atoms with van der Waals surface area (Å²) < 4.78 is 31.8. The van der Waals surface area contributed by atoms with Gasteiger partial charge in [0.25, 0.3) is 10.0 Å². The number of nitrogens with zero attached hydrogens (tertiary/aromatic N) is 3. The lowest BCUT2D eigenvalue weighted by Crippen LogP contribution is -2.26. The number of rotatable bonds is 15. The fourth-order valence-electron chi connectivity index (χ4n) is 5.02. The molecule has 0 saturated carbocycles. The summed E-state index contributed by atoms with van der Waals surface area (Å²) in [7, 11) is -3.81. The minimum Gasteiger partial charge on any atom is -0.396 e. The standard InChI is InChI=1S/C31H40N6O3S/c1-3-36(4-2)20-18-24-8-5-6-9-29(24)41(39,40)35-26-15-16-28-27(22-26)34-30(37(28)19-7-21-38)17-12-23-10-13-25(14-11-23)31(32)33/h5-6,8-11,13-16,22,35,38H,3-4,7,12,17-21H2,1-2H3,(H3,32,33).